The van der Waals surface area contributed by atoms with Gasteiger partial charge in [-0.1, -0.05) is 13.3 Å². The number of esters is 1. The number of hydrogen-bond donors (Lipinski definition) is 2. The molecule has 0 saturated carbocycles. The van der Waals surface area contributed by atoms with Crippen molar-refractivity contribution in [3.63, 3.8) is 0 Å². The average Bonchev–Trinajstić information content (AvgIpc) is 2.47. The summed E-state index contributed by atoms with van der Waals surface area (Å²) in [5.41, 5.74) is 0.851. The molecule has 0 atom stereocenters. The van der Waals surface area contributed by atoms with Gasteiger partial charge in [-0.2, -0.15) is 0 Å². The first-order chi connectivity index (χ1) is 10.5. The molecule has 0 aliphatic heterocycles. The van der Waals surface area contributed by atoms with Crippen molar-refractivity contribution in [2.45, 2.75) is 33.6 Å². The molecule has 1 rings (SSSR count). The molecule has 0 aliphatic rings. The Morgan fingerprint density at radius 2 is 1.91 bits per heavy atom. The maximum absolute atomic E-state index is 12.0. The van der Waals surface area contributed by atoms with Crippen LogP contribution in [-0.2, 0) is 9.53 Å². The van der Waals surface area contributed by atoms with E-state index < -0.39 is 5.97 Å². The number of ether oxygens (including phenoxy) is 1. The van der Waals surface area contributed by atoms with E-state index in [0.717, 1.165) is 12.8 Å². The van der Waals surface area contributed by atoms with E-state index in [4.69, 9.17) is 4.74 Å². The molecular weight excluding hydrogens is 284 g/mol. The molecule has 0 bridgehead atoms. The number of carbonyl (C=O) groups excluding carboxylic acids is 3. The van der Waals surface area contributed by atoms with Crippen molar-refractivity contribution in [1.82, 2.24) is 5.32 Å². The summed E-state index contributed by atoms with van der Waals surface area (Å²) in [6.07, 6.45) is 1.87. The Morgan fingerprint density at radius 1 is 1.18 bits per heavy atom. The summed E-state index contributed by atoms with van der Waals surface area (Å²) in [5.74, 6) is -1.13. The van der Waals surface area contributed by atoms with Crippen molar-refractivity contribution in [3.05, 3.63) is 29.3 Å². The summed E-state index contributed by atoms with van der Waals surface area (Å²) in [6, 6.07) is 4.53. The van der Waals surface area contributed by atoms with Crippen LogP contribution in [0.4, 0.5) is 5.69 Å². The zero-order valence-corrected chi connectivity index (χ0v) is 13.2. The number of hydrogen-bond acceptors (Lipinski definition) is 4. The number of anilines is 1. The molecular formula is C16H22N2O4. The lowest BCUT2D eigenvalue weighted by Crippen LogP contribution is -2.25. The highest BCUT2D eigenvalue weighted by atomic mass is 16.5. The Balaban J connectivity index is 3.02. The van der Waals surface area contributed by atoms with Crippen molar-refractivity contribution in [2.75, 3.05) is 18.5 Å². The topological polar surface area (TPSA) is 84.5 Å². The molecule has 0 aromatic heterocycles. The van der Waals surface area contributed by atoms with Crippen molar-refractivity contribution >= 4 is 23.5 Å². The van der Waals surface area contributed by atoms with Crippen LogP contribution < -0.4 is 10.6 Å². The van der Waals surface area contributed by atoms with E-state index in [2.05, 4.69) is 10.6 Å². The normalized spacial score (nSPS) is 9.95. The summed E-state index contributed by atoms with van der Waals surface area (Å²) in [6.45, 7) is 5.87. The van der Waals surface area contributed by atoms with Gasteiger partial charge in [-0.3, -0.25) is 9.59 Å². The second-order valence-electron chi connectivity index (χ2n) is 4.77. The smallest absolute Gasteiger partial charge is 0.340 e. The molecule has 0 fully saturated rings. The Bertz CT molecular complexity index is 555. The molecule has 0 radical (unpaired) electrons. The molecule has 0 heterocycles. The number of carbonyl (C=O) groups is 3. The van der Waals surface area contributed by atoms with Gasteiger partial charge in [-0.05, 0) is 31.5 Å². The van der Waals surface area contributed by atoms with E-state index in [1.54, 1.807) is 13.0 Å². The van der Waals surface area contributed by atoms with Crippen molar-refractivity contribution in [2.24, 2.45) is 0 Å². The van der Waals surface area contributed by atoms with Crippen LogP contribution in [0.2, 0.25) is 0 Å². The lowest BCUT2D eigenvalue weighted by atomic mass is 10.1. The average molecular weight is 306 g/mol. The van der Waals surface area contributed by atoms with Crippen LogP contribution in [0.15, 0.2) is 18.2 Å². The van der Waals surface area contributed by atoms with Crippen LogP contribution in [0.5, 0.6) is 0 Å². The van der Waals surface area contributed by atoms with Crippen LogP contribution in [0.3, 0.4) is 0 Å². The standard InChI is InChI=1S/C16H22N2O4/c1-4-6-9-17-15(20)12-7-8-14(18-11(3)19)13(10-12)16(21)22-5-2/h7-8,10H,4-6,9H2,1-3H3,(H,17,20)(H,18,19). The van der Waals surface area contributed by atoms with Crippen LogP contribution in [0.1, 0.15) is 54.3 Å². The first kappa shape index (κ1) is 17.7. The fraction of sp³-hybridized carbons (Fsp3) is 0.438. The highest BCUT2D eigenvalue weighted by Gasteiger charge is 2.16. The third kappa shape index (κ3) is 5.20. The number of rotatable bonds is 7. The zero-order valence-electron chi connectivity index (χ0n) is 13.2. The van der Waals surface area contributed by atoms with Crippen LogP contribution >= 0.6 is 0 Å². The maximum atomic E-state index is 12.0. The van der Waals surface area contributed by atoms with Gasteiger partial charge in [-0.25, -0.2) is 4.79 Å². The van der Waals surface area contributed by atoms with Crippen LogP contribution in [0.25, 0.3) is 0 Å². The lowest BCUT2D eigenvalue weighted by Gasteiger charge is -2.11. The van der Waals surface area contributed by atoms with E-state index in [0.29, 0.717) is 17.8 Å². The van der Waals surface area contributed by atoms with Gasteiger partial charge in [0.1, 0.15) is 0 Å². The monoisotopic (exact) mass is 306 g/mol. The highest BCUT2D eigenvalue weighted by molar-refractivity contribution is 6.04. The fourth-order valence-electron chi connectivity index (χ4n) is 1.84. The Kier molecular flexibility index (Phi) is 7.08. The molecule has 6 heteroatoms. The van der Waals surface area contributed by atoms with E-state index in [9.17, 15) is 14.4 Å². The van der Waals surface area contributed by atoms with Gasteiger partial charge < -0.3 is 15.4 Å². The summed E-state index contributed by atoms with van der Waals surface area (Å²) in [4.78, 5) is 35.2. The molecule has 2 amide bonds. The fourth-order valence-corrected chi connectivity index (χ4v) is 1.84. The molecule has 0 spiro atoms. The maximum Gasteiger partial charge on any atom is 0.340 e. The molecule has 6 nitrogen and oxygen atoms in total. The summed E-state index contributed by atoms with van der Waals surface area (Å²) in [7, 11) is 0. The van der Waals surface area contributed by atoms with Crippen molar-refractivity contribution in [1.29, 1.82) is 0 Å². The molecule has 1 aromatic rings. The highest BCUT2D eigenvalue weighted by Crippen LogP contribution is 2.19. The van der Waals surface area contributed by atoms with Crippen LogP contribution in [0, 0.1) is 0 Å². The largest absolute Gasteiger partial charge is 0.462 e. The van der Waals surface area contributed by atoms with Gasteiger partial charge in [0, 0.05) is 19.0 Å². The lowest BCUT2D eigenvalue weighted by molar-refractivity contribution is -0.114. The molecule has 120 valence electrons. The first-order valence-electron chi connectivity index (χ1n) is 7.36. The molecule has 1 aromatic carbocycles. The number of benzene rings is 1. The van der Waals surface area contributed by atoms with E-state index >= 15 is 0 Å². The van der Waals surface area contributed by atoms with Crippen molar-refractivity contribution in [3.8, 4) is 0 Å². The van der Waals surface area contributed by atoms with Gasteiger partial charge >= 0.3 is 5.97 Å². The van der Waals surface area contributed by atoms with Gasteiger partial charge in [0.25, 0.3) is 5.91 Å². The number of unbranched alkanes of at least 4 members (excludes halogenated alkanes) is 1. The minimum Gasteiger partial charge on any atom is -0.462 e. The first-order valence-corrected chi connectivity index (χ1v) is 7.36. The SMILES string of the molecule is CCCCNC(=O)c1ccc(NC(C)=O)c(C(=O)OCC)c1. The zero-order chi connectivity index (χ0) is 16.5. The van der Waals surface area contributed by atoms with E-state index in [-0.39, 0.29) is 24.0 Å². The van der Waals surface area contributed by atoms with Crippen molar-refractivity contribution < 1.29 is 19.1 Å². The third-order valence-electron chi connectivity index (χ3n) is 2.90. The summed E-state index contributed by atoms with van der Waals surface area (Å²) < 4.78 is 4.96. The Labute approximate surface area is 130 Å². The van der Waals surface area contributed by atoms with E-state index in [1.165, 1.54) is 19.1 Å². The van der Waals surface area contributed by atoms with Gasteiger partial charge in [0.2, 0.25) is 5.91 Å². The third-order valence-corrected chi connectivity index (χ3v) is 2.90. The molecule has 0 unspecified atom stereocenters. The molecule has 2 N–H and O–H groups in total. The predicted molar refractivity (Wildman–Crippen MR) is 83.9 cm³/mol. The number of amides is 2. The summed E-state index contributed by atoms with van der Waals surface area (Å²) >= 11 is 0. The second kappa shape index (κ2) is 8.81. The molecule has 0 saturated heterocycles. The quantitative estimate of drug-likeness (QED) is 0.598. The second-order valence-corrected chi connectivity index (χ2v) is 4.77. The number of nitrogens with one attached hydrogen (secondary N) is 2. The van der Waals surface area contributed by atoms with Gasteiger partial charge in [-0.15, -0.1) is 0 Å². The molecule has 22 heavy (non-hydrogen) atoms. The van der Waals surface area contributed by atoms with Gasteiger partial charge in [0.05, 0.1) is 17.9 Å². The van der Waals surface area contributed by atoms with Gasteiger partial charge in [0.15, 0.2) is 0 Å². The minimum absolute atomic E-state index is 0.167. The Morgan fingerprint density at radius 3 is 2.50 bits per heavy atom. The molecule has 0 aliphatic carbocycles. The Hall–Kier alpha value is -2.37. The van der Waals surface area contributed by atoms with E-state index in [1.807, 2.05) is 6.92 Å². The van der Waals surface area contributed by atoms with Crippen LogP contribution in [-0.4, -0.2) is 30.9 Å². The minimum atomic E-state index is -0.575. The predicted octanol–water partition coefficient (Wildman–Crippen LogP) is 2.35. The summed E-state index contributed by atoms with van der Waals surface area (Å²) in [5, 5.41) is 5.34.